The van der Waals surface area contributed by atoms with E-state index in [1.807, 2.05) is 25.7 Å². The lowest BCUT2D eigenvalue weighted by atomic mass is 9.69. The molecule has 1 heterocycles. The van der Waals surface area contributed by atoms with E-state index in [9.17, 15) is 4.79 Å². The van der Waals surface area contributed by atoms with Crippen LogP contribution in [-0.4, -0.2) is 42.3 Å². The number of ether oxygens (including phenoxy) is 1. The van der Waals surface area contributed by atoms with Crippen molar-refractivity contribution >= 4 is 6.09 Å². The Hall–Kier alpha value is -0.770. The molecule has 4 unspecified atom stereocenters. The summed E-state index contributed by atoms with van der Waals surface area (Å²) in [6, 6.07) is 0.705. The number of carbonyl (C=O) groups is 1. The van der Waals surface area contributed by atoms with Gasteiger partial charge < -0.3 is 15.0 Å². The van der Waals surface area contributed by atoms with Crippen LogP contribution in [0.25, 0.3) is 0 Å². The van der Waals surface area contributed by atoms with Crippen molar-refractivity contribution in [3.63, 3.8) is 0 Å². The highest BCUT2D eigenvalue weighted by atomic mass is 16.6. The van der Waals surface area contributed by atoms with Crippen LogP contribution in [0.4, 0.5) is 4.79 Å². The second kappa shape index (κ2) is 8.28. The van der Waals surface area contributed by atoms with Gasteiger partial charge in [0.25, 0.3) is 0 Å². The Morgan fingerprint density at radius 3 is 2.56 bits per heavy atom. The quantitative estimate of drug-likeness (QED) is 0.810. The zero-order valence-electron chi connectivity index (χ0n) is 16.6. The van der Waals surface area contributed by atoms with Crippen molar-refractivity contribution in [2.24, 2.45) is 17.8 Å². The van der Waals surface area contributed by atoms with Gasteiger partial charge in [0.15, 0.2) is 0 Å². The lowest BCUT2D eigenvalue weighted by Crippen LogP contribution is -2.47. The second-order valence-corrected chi connectivity index (χ2v) is 9.66. The number of hydrogen-bond donors (Lipinski definition) is 1. The Balaban J connectivity index is 1.41. The lowest BCUT2D eigenvalue weighted by molar-refractivity contribution is 0.0163. The van der Waals surface area contributed by atoms with Crippen molar-refractivity contribution in [2.75, 3.05) is 19.6 Å². The molecule has 144 valence electrons. The summed E-state index contributed by atoms with van der Waals surface area (Å²) in [7, 11) is 0. The first kappa shape index (κ1) is 19.0. The Morgan fingerprint density at radius 2 is 1.80 bits per heavy atom. The smallest absolute Gasteiger partial charge is 0.410 e. The van der Waals surface area contributed by atoms with Crippen molar-refractivity contribution in [3.8, 4) is 0 Å². The molecule has 4 nitrogen and oxygen atoms in total. The number of fused-ring (bicyclic) bond motifs is 1. The third-order valence-electron chi connectivity index (χ3n) is 6.41. The van der Waals surface area contributed by atoms with Gasteiger partial charge in [-0.15, -0.1) is 0 Å². The molecule has 1 N–H and O–H groups in total. The van der Waals surface area contributed by atoms with E-state index in [1.54, 1.807) is 0 Å². The Kier molecular flexibility index (Phi) is 6.30. The Bertz CT molecular complexity index is 446. The van der Waals surface area contributed by atoms with E-state index >= 15 is 0 Å². The Labute approximate surface area is 154 Å². The standard InChI is InChI=1S/C21H38N2O2/c1-21(2,3)25-20(24)23-12-6-7-16(15-23)14-22-19-11-10-17-8-4-5-9-18(17)13-19/h16-19,22H,4-15H2,1-3H3. The van der Waals surface area contributed by atoms with Gasteiger partial charge in [-0.2, -0.15) is 0 Å². The first-order chi connectivity index (χ1) is 11.9. The van der Waals surface area contributed by atoms with Crippen molar-refractivity contribution in [3.05, 3.63) is 0 Å². The molecule has 3 fully saturated rings. The fraction of sp³-hybridized carbons (Fsp3) is 0.952. The molecule has 2 saturated carbocycles. The molecule has 1 saturated heterocycles. The first-order valence-electron chi connectivity index (χ1n) is 10.6. The van der Waals surface area contributed by atoms with E-state index in [2.05, 4.69) is 5.32 Å². The third kappa shape index (κ3) is 5.60. The molecule has 0 aromatic heterocycles. The SMILES string of the molecule is CC(C)(C)OC(=O)N1CCCC(CNC2CCC3CCCCC3C2)C1. The zero-order chi connectivity index (χ0) is 17.9. The van der Waals surface area contributed by atoms with E-state index in [1.165, 1.54) is 51.4 Å². The average Bonchev–Trinajstić information content (AvgIpc) is 2.58. The van der Waals surface area contributed by atoms with Crippen LogP contribution in [0.2, 0.25) is 0 Å². The molecular weight excluding hydrogens is 312 g/mol. The van der Waals surface area contributed by atoms with Crippen LogP contribution in [-0.2, 0) is 4.74 Å². The fourth-order valence-corrected chi connectivity index (χ4v) is 5.12. The summed E-state index contributed by atoms with van der Waals surface area (Å²) < 4.78 is 5.55. The first-order valence-corrected chi connectivity index (χ1v) is 10.6. The van der Waals surface area contributed by atoms with E-state index in [0.29, 0.717) is 12.0 Å². The maximum Gasteiger partial charge on any atom is 0.410 e. The largest absolute Gasteiger partial charge is 0.444 e. The number of likely N-dealkylation sites (tertiary alicyclic amines) is 1. The van der Waals surface area contributed by atoms with Crippen molar-refractivity contribution < 1.29 is 9.53 Å². The average molecular weight is 351 g/mol. The van der Waals surface area contributed by atoms with Crippen LogP contribution >= 0.6 is 0 Å². The molecule has 1 amide bonds. The third-order valence-corrected chi connectivity index (χ3v) is 6.41. The van der Waals surface area contributed by atoms with Crippen LogP contribution in [0.15, 0.2) is 0 Å². The van der Waals surface area contributed by atoms with Gasteiger partial charge in [-0.05, 0) is 77.2 Å². The molecule has 0 spiro atoms. The van der Waals surface area contributed by atoms with Crippen molar-refractivity contribution in [1.82, 2.24) is 10.2 Å². The molecule has 0 aromatic carbocycles. The minimum absolute atomic E-state index is 0.139. The minimum atomic E-state index is -0.402. The summed E-state index contributed by atoms with van der Waals surface area (Å²) in [5.74, 6) is 2.57. The summed E-state index contributed by atoms with van der Waals surface area (Å²) >= 11 is 0. The fourth-order valence-electron chi connectivity index (χ4n) is 5.12. The van der Waals surface area contributed by atoms with E-state index < -0.39 is 5.60 Å². The maximum absolute atomic E-state index is 12.3. The van der Waals surface area contributed by atoms with E-state index in [4.69, 9.17) is 4.74 Å². The molecule has 0 bridgehead atoms. The molecule has 4 heteroatoms. The van der Waals surface area contributed by atoms with Gasteiger partial charge in [-0.3, -0.25) is 0 Å². The lowest BCUT2D eigenvalue weighted by Gasteiger charge is -2.40. The Morgan fingerprint density at radius 1 is 1.04 bits per heavy atom. The van der Waals surface area contributed by atoms with Crippen LogP contribution in [0.5, 0.6) is 0 Å². The monoisotopic (exact) mass is 350 g/mol. The van der Waals surface area contributed by atoms with Crippen molar-refractivity contribution in [2.45, 2.75) is 90.2 Å². The summed E-state index contributed by atoms with van der Waals surface area (Å²) in [6.45, 7) is 8.57. The summed E-state index contributed by atoms with van der Waals surface area (Å²) in [5, 5.41) is 3.85. The van der Waals surface area contributed by atoms with Gasteiger partial charge in [0.1, 0.15) is 5.60 Å². The van der Waals surface area contributed by atoms with Gasteiger partial charge in [0.05, 0.1) is 0 Å². The number of nitrogens with zero attached hydrogens (tertiary/aromatic N) is 1. The number of nitrogens with one attached hydrogen (secondary N) is 1. The maximum atomic E-state index is 12.3. The predicted molar refractivity (Wildman–Crippen MR) is 102 cm³/mol. The molecule has 25 heavy (non-hydrogen) atoms. The molecule has 3 rings (SSSR count). The van der Waals surface area contributed by atoms with Gasteiger partial charge >= 0.3 is 6.09 Å². The van der Waals surface area contributed by atoms with Crippen LogP contribution in [0, 0.1) is 17.8 Å². The molecular formula is C21H38N2O2. The summed E-state index contributed by atoms with van der Waals surface area (Å²) in [6.07, 6.45) is 12.2. The highest BCUT2D eigenvalue weighted by molar-refractivity contribution is 5.68. The summed E-state index contributed by atoms with van der Waals surface area (Å²) in [5.41, 5.74) is -0.402. The van der Waals surface area contributed by atoms with Crippen molar-refractivity contribution in [1.29, 1.82) is 0 Å². The van der Waals surface area contributed by atoms with E-state index in [-0.39, 0.29) is 6.09 Å². The molecule has 3 aliphatic rings. The van der Waals surface area contributed by atoms with Gasteiger partial charge in [0.2, 0.25) is 0 Å². The highest BCUT2D eigenvalue weighted by Gasteiger charge is 2.33. The number of hydrogen-bond acceptors (Lipinski definition) is 3. The highest BCUT2D eigenvalue weighted by Crippen LogP contribution is 2.40. The normalized spacial score (nSPS) is 33.6. The van der Waals surface area contributed by atoms with Crippen LogP contribution < -0.4 is 5.32 Å². The van der Waals surface area contributed by atoms with Gasteiger partial charge in [0, 0.05) is 19.1 Å². The number of piperidine rings is 1. The van der Waals surface area contributed by atoms with Gasteiger partial charge in [-0.1, -0.05) is 25.7 Å². The number of rotatable bonds is 3. The van der Waals surface area contributed by atoms with Crippen LogP contribution in [0.3, 0.4) is 0 Å². The molecule has 2 aliphatic carbocycles. The number of carbonyl (C=O) groups excluding carboxylic acids is 1. The van der Waals surface area contributed by atoms with Crippen LogP contribution in [0.1, 0.15) is 78.6 Å². The molecule has 0 radical (unpaired) electrons. The molecule has 0 aromatic rings. The van der Waals surface area contributed by atoms with Gasteiger partial charge in [-0.25, -0.2) is 4.79 Å². The number of amides is 1. The molecule has 1 aliphatic heterocycles. The minimum Gasteiger partial charge on any atom is -0.444 e. The second-order valence-electron chi connectivity index (χ2n) is 9.66. The zero-order valence-corrected chi connectivity index (χ0v) is 16.6. The topological polar surface area (TPSA) is 41.6 Å². The predicted octanol–water partition coefficient (Wildman–Crippen LogP) is 4.58. The summed E-state index contributed by atoms with van der Waals surface area (Å²) in [4.78, 5) is 14.2. The molecule has 4 atom stereocenters. The van der Waals surface area contributed by atoms with E-state index in [0.717, 1.165) is 37.9 Å².